The standard InChI is InChI=1S/C26H42N4O6/c1-25(2,3)35-23(31)29-11-7-9-19(14-29)16-33-21-13-22(28-18-27-21)34-17-20-10-8-12-30(15-20)24(32)36-26(4,5)6/h13,18-20H,7-12,14-17H2,1-6H3. The minimum atomic E-state index is -0.510. The van der Waals surface area contributed by atoms with Crippen molar-refractivity contribution in [3.05, 3.63) is 12.4 Å². The number of amides is 2. The van der Waals surface area contributed by atoms with Crippen molar-refractivity contribution >= 4 is 12.2 Å². The zero-order chi connectivity index (χ0) is 26.3. The van der Waals surface area contributed by atoms with E-state index in [2.05, 4.69) is 9.97 Å². The number of hydrogen-bond acceptors (Lipinski definition) is 8. The minimum absolute atomic E-state index is 0.201. The zero-order valence-corrected chi connectivity index (χ0v) is 22.6. The van der Waals surface area contributed by atoms with Crippen LogP contribution in [0.25, 0.3) is 0 Å². The summed E-state index contributed by atoms with van der Waals surface area (Å²) in [7, 11) is 0. The first kappa shape index (κ1) is 27.8. The molecule has 10 heteroatoms. The lowest BCUT2D eigenvalue weighted by atomic mass is 9.99. The van der Waals surface area contributed by atoms with Gasteiger partial charge in [-0.05, 0) is 67.2 Å². The minimum Gasteiger partial charge on any atom is -0.477 e. The van der Waals surface area contributed by atoms with Crippen molar-refractivity contribution in [2.75, 3.05) is 39.4 Å². The quantitative estimate of drug-likeness (QED) is 0.554. The summed E-state index contributed by atoms with van der Waals surface area (Å²) in [4.78, 5) is 36.7. The Labute approximate surface area is 214 Å². The number of likely N-dealkylation sites (tertiary alicyclic amines) is 2. The molecule has 36 heavy (non-hydrogen) atoms. The van der Waals surface area contributed by atoms with Crippen LogP contribution in [0.15, 0.2) is 12.4 Å². The van der Waals surface area contributed by atoms with Gasteiger partial charge in [0.25, 0.3) is 0 Å². The third kappa shape index (κ3) is 9.35. The Hall–Kier alpha value is -2.78. The molecule has 2 saturated heterocycles. The molecule has 0 aromatic carbocycles. The summed E-state index contributed by atoms with van der Waals surface area (Å²) in [6.45, 7) is 14.7. The van der Waals surface area contributed by atoms with Crippen molar-refractivity contribution in [1.29, 1.82) is 0 Å². The molecule has 0 spiro atoms. The van der Waals surface area contributed by atoms with Gasteiger partial charge in [0, 0.05) is 38.0 Å². The molecule has 202 valence electrons. The second-order valence-electron chi connectivity index (χ2n) is 11.7. The van der Waals surface area contributed by atoms with E-state index in [1.54, 1.807) is 15.9 Å². The van der Waals surface area contributed by atoms with Gasteiger partial charge in [-0.25, -0.2) is 19.6 Å². The molecule has 0 aliphatic carbocycles. The average molecular weight is 507 g/mol. The van der Waals surface area contributed by atoms with E-state index in [1.807, 2.05) is 41.5 Å². The molecule has 0 saturated carbocycles. The zero-order valence-electron chi connectivity index (χ0n) is 22.6. The molecule has 0 N–H and O–H groups in total. The lowest BCUT2D eigenvalue weighted by molar-refractivity contribution is 0.0130. The smallest absolute Gasteiger partial charge is 0.410 e. The Morgan fingerprint density at radius 3 is 1.61 bits per heavy atom. The lowest BCUT2D eigenvalue weighted by Crippen LogP contribution is -2.44. The SMILES string of the molecule is CC(C)(C)OC(=O)N1CCCC(COc2cc(OCC3CCCN(C(=O)OC(C)(C)C)C3)ncn2)C1. The van der Waals surface area contributed by atoms with Gasteiger partial charge in [-0.15, -0.1) is 0 Å². The largest absolute Gasteiger partial charge is 0.477 e. The van der Waals surface area contributed by atoms with E-state index in [9.17, 15) is 9.59 Å². The number of rotatable bonds is 6. The fraction of sp³-hybridized carbons (Fsp3) is 0.769. The fourth-order valence-electron chi connectivity index (χ4n) is 4.27. The van der Waals surface area contributed by atoms with Crippen molar-refractivity contribution in [3.63, 3.8) is 0 Å². The van der Waals surface area contributed by atoms with Gasteiger partial charge in [0.1, 0.15) is 17.5 Å². The summed E-state index contributed by atoms with van der Waals surface area (Å²) < 4.78 is 22.8. The molecule has 2 amide bonds. The van der Waals surface area contributed by atoms with Gasteiger partial charge in [0.2, 0.25) is 11.8 Å². The number of aromatic nitrogens is 2. The first-order valence-corrected chi connectivity index (χ1v) is 12.9. The number of ether oxygens (including phenoxy) is 4. The molecule has 2 atom stereocenters. The van der Waals surface area contributed by atoms with E-state index >= 15 is 0 Å². The maximum atomic E-state index is 12.4. The van der Waals surface area contributed by atoms with Crippen LogP contribution in [0.5, 0.6) is 11.8 Å². The van der Waals surface area contributed by atoms with Gasteiger partial charge in [-0.3, -0.25) is 0 Å². The van der Waals surface area contributed by atoms with Gasteiger partial charge < -0.3 is 28.7 Å². The van der Waals surface area contributed by atoms with E-state index in [0.717, 1.165) is 25.7 Å². The fourth-order valence-corrected chi connectivity index (χ4v) is 4.27. The van der Waals surface area contributed by atoms with E-state index in [0.29, 0.717) is 51.2 Å². The normalized spacial score (nSPS) is 21.1. The van der Waals surface area contributed by atoms with Gasteiger partial charge in [0.05, 0.1) is 19.3 Å². The van der Waals surface area contributed by atoms with Crippen molar-refractivity contribution in [1.82, 2.24) is 19.8 Å². The van der Waals surface area contributed by atoms with Gasteiger partial charge in [0.15, 0.2) is 0 Å². The summed E-state index contributed by atoms with van der Waals surface area (Å²) in [5.74, 6) is 1.28. The lowest BCUT2D eigenvalue weighted by Gasteiger charge is -2.34. The highest BCUT2D eigenvalue weighted by Gasteiger charge is 2.29. The van der Waals surface area contributed by atoms with Crippen LogP contribution >= 0.6 is 0 Å². The summed E-state index contributed by atoms with van der Waals surface area (Å²) in [6.07, 6.45) is 4.63. The van der Waals surface area contributed by atoms with E-state index in [1.165, 1.54) is 6.33 Å². The monoisotopic (exact) mass is 506 g/mol. The van der Waals surface area contributed by atoms with Gasteiger partial charge in [-0.2, -0.15) is 0 Å². The Morgan fingerprint density at radius 1 is 0.806 bits per heavy atom. The van der Waals surface area contributed by atoms with Crippen LogP contribution in [0, 0.1) is 11.8 Å². The summed E-state index contributed by atoms with van der Waals surface area (Å²) in [6, 6.07) is 1.68. The number of hydrogen-bond donors (Lipinski definition) is 0. The predicted octanol–water partition coefficient (Wildman–Crippen LogP) is 4.53. The first-order chi connectivity index (χ1) is 16.9. The summed E-state index contributed by atoms with van der Waals surface area (Å²) in [5, 5.41) is 0. The highest BCUT2D eigenvalue weighted by molar-refractivity contribution is 5.68. The van der Waals surface area contributed by atoms with Crippen LogP contribution < -0.4 is 9.47 Å². The van der Waals surface area contributed by atoms with Crippen molar-refractivity contribution < 1.29 is 28.5 Å². The molecule has 0 bridgehead atoms. The Morgan fingerprint density at radius 2 is 1.22 bits per heavy atom. The molecular formula is C26H42N4O6. The van der Waals surface area contributed by atoms with Gasteiger partial charge in [-0.1, -0.05) is 0 Å². The second-order valence-corrected chi connectivity index (χ2v) is 11.7. The number of carbonyl (C=O) groups is 2. The molecule has 1 aromatic heterocycles. The highest BCUT2D eigenvalue weighted by atomic mass is 16.6. The number of nitrogens with zero attached hydrogens (tertiary/aromatic N) is 4. The Balaban J connectivity index is 1.45. The number of carbonyl (C=O) groups excluding carboxylic acids is 2. The molecule has 0 radical (unpaired) electrons. The van der Waals surface area contributed by atoms with Crippen LogP contribution in [-0.2, 0) is 9.47 Å². The van der Waals surface area contributed by atoms with Crippen molar-refractivity contribution in [2.45, 2.75) is 78.4 Å². The molecule has 2 aliphatic rings. The molecule has 1 aromatic rings. The number of piperidine rings is 2. The van der Waals surface area contributed by atoms with Crippen LogP contribution in [0.4, 0.5) is 9.59 Å². The van der Waals surface area contributed by atoms with Crippen LogP contribution in [0.1, 0.15) is 67.2 Å². The maximum Gasteiger partial charge on any atom is 0.410 e. The first-order valence-electron chi connectivity index (χ1n) is 12.9. The van der Waals surface area contributed by atoms with Gasteiger partial charge >= 0.3 is 12.2 Å². The average Bonchev–Trinajstić information content (AvgIpc) is 2.80. The maximum absolute atomic E-state index is 12.4. The third-order valence-corrected chi connectivity index (χ3v) is 5.89. The summed E-state index contributed by atoms with van der Waals surface area (Å²) >= 11 is 0. The molecule has 3 heterocycles. The van der Waals surface area contributed by atoms with Crippen LogP contribution in [-0.4, -0.2) is 82.5 Å². The Bertz CT molecular complexity index is 815. The topological polar surface area (TPSA) is 103 Å². The van der Waals surface area contributed by atoms with Crippen molar-refractivity contribution in [2.24, 2.45) is 11.8 Å². The molecular weight excluding hydrogens is 464 g/mol. The molecule has 2 aliphatic heterocycles. The predicted molar refractivity (Wildman–Crippen MR) is 134 cm³/mol. The van der Waals surface area contributed by atoms with Crippen molar-refractivity contribution in [3.8, 4) is 11.8 Å². The van der Waals surface area contributed by atoms with E-state index in [-0.39, 0.29) is 24.0 Å². The molecule has 2 unspecified atom stereocenters. The molecule has 3 rings (SSSR count). The molecule has 10 nitrogen and oxygen atoms in total. The van der Waals surface area contributed by atoms with Crippen LogP contribution in [0.2, 0.25) is 0 Å². The molecule has 2 fully saturated rings. The van der Waals surface area contributed by atoms with E-state index < -0.39 is 11.2 Å². The second kappa shape index (κ2) is 12.0. The van der Waals surface area contributed by atoms with Crippen LogP contribution in [0.3, 0.4) is 0 Å². The third-order valence-electron chi connectivity index (χ3n) is 5.89. The Kier molecular flexibility index (Phi) is 9.24. The van der Waals surface area contributed by atoms with E-state index in [4.69, 9.17) is 18.9 Å². The highest BCUT2D eigenvalue weighted by Crippen LogP contribution is 2.23. The summed E-state index contributed by atoms with van der Waals surface area (Å²) in [5.41, 5.74) is -1.02.